The highest BCUT2D eigenvalue weighted by Gasteiger charge is 2.10. The van der Waals surface area contributed by atoms with Gasteiger partial charge in [0, 0.05) is 6.04 Å². The Balaban J connectivity index is 2.86. The molecule has 0 aliphatic carbocycles. The molecule has 1 unspecified atom stereocenters. The molecule has 0 heterocycles. The minimum Gasteiger partial charge on any atom is -0.493 e. The van der Waals surface area contributed by atoms with Crippen molar-refractivity contribution in [2.24, 2.45) is 0 Å². The van der Waals surface area contributed by atoms with Gasteiger partial charge in [0.1, 0.15) is 0 Å². The Labute approximate surface area is 126 Å². The van der Waals surface area contributed by atoms with Crippen LogP contribution < -0.4 is 14.8 Å². The Bertz CT molecular complexity index is 446. The summed E-state index contributed by atoms with van der Waals surface area (Å²) >= 11 is 6.24. The van der Waals surface area contributed by atoms with Crippen LogP contribution in [0.3, 0.4) is 0 Å². The van der Waals surface area contributed by atoms with Crippen LogP contribution in [0.25, 0.3) is 6.08 Å². The molecule has 1 N–H and O–H groups in total. The molecular formula is C16H24ClNO2. The first-order valence-corrected chi connectivity index (χ1v) is 7.42. The van der Waals surface area contributed by atoms with Crippen LogP contribution in [-0.4, -0.2) is 26.3 Å². The van der Waals surface area contributed by atoms with Gasteiger partial charge in [-0.1, -0.05) is 30.7 Å². The van der Waals surface area contributed by atoms with Crippen molar-refractivity contribution in [1.82, 2.24) is 5.32 Å². The highest BCUT2D eigenvalue weighted by Crippen LogP contribution is 2.36. The zero-order valence-corrected chi connectivity index (χ0v) is 13.5. The Morgan fingerprint density at radius 3 is 2.70 bits per heavy atom. The maximum absolute atomic E-state index is 6.24. The lowest BCUT2D eigenvalue weighted by molar-refractivity contribution is 0.311. The first-order valence-electron chi connectivity index (χ1n) is 7.04. The summed E-state index contributed by atoms with van der Waals surface area (Å²) in [5, 5.41) is 3.97. The summed E-state index contributed by atoms with van der Waals surface area (Å²) in [5.74, 6) is 1.26. The predicted octanol–water partition coefficient (Wildman–Crippen LogP) is 4.15. The standard InChI is InChI=1S/C16H24ClNO2/c1-5-9-18-12(3)7-8-13-10-14(17)16(20-6-2)15(11-13)19-4/h7-8,10-12,18H,5-6,9H2,1-4H3/b8-7+. The molecule has 0 aromatic heterocycles. The van der Waals surface area contributed by atoms with Gasteiger partial charge in [-0.3, -0.25) is 0 Å². The van der Waals surface area contributed by atoms with Gasteiger partial charge in [-0.2, -0.15) is 0 Å². The van der Waals surface area contributed by atoms with E-state index in [2.05, 4.69) is 25.2 Å². The lowest BCUT2D eigenvalue weighted by atomic mass is 10.1. The van der Waals surface area contributed by atoms with Crippen LogP contribution in [0.15, 0.2) is 18.2 Å². The van der Waals surface area contributed by atoms with Crippen molar-refractivity contribution in [3.63, 3.8) is 0 Å². The van der Waals surface area contributed by atoms with Gasteiger partial charge in [0.15, 0.2) is 11.5 Å². The monoisotopic (exact) mass is 297 g/mol. The van der Waals surface area contributed by atoms with Crippen LogP contribution in [0.4, 0.5) is 0 Å². The predicted molar refractivity (Wildman–Crippen MR) is 86.0 cm³/mol. The van der Waals surface area contributed by atoms with E-state index in [-0.39, 0.29) is 0 Å². The molecule has 0 aliphatic rings. The van der Waals surface area contributed by atoms with Gasteiger partial charge in [-0.05, 0) is 44.5 Å². The van der Waals surface area contributed by atoms with Crippen LogP contribution in [0.2, 0.25) is 5.02 Å². The van der Waals surface area contributed by atoms with Gasteiger partial charge in [-0.15, -0.1) is 0 Å². The summed E-state index contributed by atoms with van der Waals surface area (Å²) in [6.45, 7) is 7.77. The Morgan fingerprint density at radius 1 is 1.35 bits per heavy atom. The second kappa shape index (κ2) is 8.88. The fraction of sp³-hybridized carbons (Fsp3) is 0.500. The van der Waals surface area contributed by atoms with Crippen molar-refractivity contribution < 1.29 is 9.47 Å². The zero-order valence-electron chi connectivity index (χ0n) is 12.7. The highest BCUT2D eigenvalue weighted by atomic mass is 35.5. The van der Waals surface area contributed by atoms with Gasteiger partial charge >= 0.3 is 0 Å². The normalized spacial score (nSPS) is 12.7. The first kappa shape index (κ1) is 16.9. The van der Waals surface area contributed by atoms with E-state index < -0.39 is 0 Å². The molecule has 1 atom stereocenters. The van der Waals surface area contributed by atoms with Crippen LogP contribution in [0.1, 0.15) is 32.8 Å². The average Bonchev–Trinajstić information content (AvgIpc) is 2.45. The molecular weight excluding hydrogens is 274 g/mol. The van der Waals surface area contributed by atoms with E-state index in [1.165, 1.54) is 0 Å². The second-order valence-electron chi connectivity index (χ2n) is 4.57. The number of nitrogens with one attached hydrogen (secondary N) is 1. The van der Waals surface area contributed by atoms with Gasteiger partial charge in [0.05, 0.1) is 18.7 Å². The minimum absolute atomic E-state index is 0.325. The smallest absolute Gasteiger partial charge is 0.179 e. The van der Waals surface area contributed by atoms with Crippen molar-refractivity contribution >= 4 is 17.7 Å². The topological polar surface area (TPSA) is 30.5 Å². The summed E-state index contributed by atoms with van der Waals surface area (Å²) in [4.78, 5) is 0. The van der Waals surface area contributed by atoms with Gasteiger partial charge in [-0.25, -0.2) is 0 Å². The van der Waals surface area contributed by atoms with E-state index >= 15 is 0 Å². The maximum Gasteiger partial charge on any atom is 0.179 e. The molecule has 1 aromatic rings. The summed E-state index contributed by atoms with van der Waals surface area (Å²) in [6, 6.07) is 4.14. The molecule has 1 rings (SSSR count). The van der Waals surface area contributed by atoms with Crippen molar-refractivity contribution in [3.8, 4) is 11.5 Å². The first-order chi connectivity index (χ1) is 9.62. The van der Waals surface area contributed by atoms with Crippen LogP contribution >= 0.6 is 11.6 Å². The largest absolute Gasteiger partial charge is 0.493 e. The number of methoxy groups -OCH3 is 1. The van der Waals surface area contributed by atoms with E-state index in [4.69, 9.17) is 21.1 Å². The van der Waals surface area contributed by atoms with Crippen LogP contribution in [-0.2, 0) is 0 Å². The summed E-state index contributed by atoms with van der Waals surface area (Å²) in [7, 11) is 1.62. The fourth-order valence-corrected chi connectivity index (χ4v) is 2.09. The maximum atomic E-state index is 6.24. The van der Waals surface area contributed by atoms with E-state index in [1.807, 2.05) is 25.1 Å². The van der Waals surface area contributed by atoms with Crippen LogP contribution in [0, 0.1) is 0 Å². The van der Waals surface area contributed by atoms with E-state index in [1.54, 1.807) is 7.11 Å². The number of benzene rings is 1. The van der Waals surface area contributed by atoms with Gasteiger partial charge < -0.3 is 14.8 Å². The number of hydrogen-bond acceptors (Lipinski definition) is 3. The number of hydrogen-bond donors (Lipinski definition) is 1. The zero-order chi connectivity index (χ0) is 15.0. The molecule has 0 bridgehead atoms. The number of halogens is 1. The van der Waals surface area contributed by atoms with Crippen molar-refractivity contribution in [1.29, 1.82) is 0 Å². The lowest BCUT2D eigenvalue weighted by Gasteiger charge is -2.12. The molecule has 20 heavy (non-hydrogen) atoms. The van der Waals surface area contributed by atoms with Gasteiger partial charge in [0.2, 0.25) is 0 Å². The fourth-order valence-electron chi connectivity index (χ4n) is 1.82. The number of rotatable bonds is 8. The SMILES string of the molecule is CCCNC(C)/C=C/c1cc(Cl)c(OCC)c(OC)c1. The minimum atomic E-state index is 0.325. The molecule has 0 aliphatic heterocycles. The molecule has 0 fully saturated rings. The van der Waals surface area contributed by atoms with E-state index in [0.29, 0.717) is 29.2 Å². The molecule has 1 aromatic carbocycles. The molecule has 112 valence electrons. The summed E-state index contributed by atoms with van der Waals surface area (Å²) in [5.41, 5.74) is 1.00. The van der Waals surface area contributed by atoms with Crippen molar-refractivity contribution in [2.75, 3.05) is 20.3 Å². The van der Waals surface area contributed by atoms with E-state index in [9.17, 15) is 0 Å². The summed E-state index contributed by atoms with van der Waals surface area (Å²) in [6.07, 6.45) is 5.28. The Morgan fingerprint density at radius 2 is 2.10 bits per heavy atom. The van der Waals surface area contributed by atoms with Crippen LogP contribution in [0.5, 0.6) is 11.5 Å². The quantitative estimate of drug-likeness (QED) is 0.782. The van der Waals surface area contributed by atoms with Crippen molar-refractivity contribution in [3.05, 3.63) is 28.8 Å². The molecule has 4 heteroatoms. The molecule has 0 saturated heterocycles. The van der Waals surface area contributed by atoms with Gasteiger partial charge in [0.25, 0.3) is 0 Å². The average molecular weight is 298 g/mol. The molecule has 0 spiro atoms. The second-order valence-corrected chi connectivity index (χ2v) is 4.98. The molecule has 0 amide bonds. The van der Waals surface area contributed by atoms with E-state index in [0.717, 1.165) is 18.5 Å². The number of ether oxygens (including phenoxy) is 2. The van der Waals surface area contributed by atoms with Crippen molar-refractivity contribution in [2.45, 2.75) is 33.2 Å². The Hall–Kier alpha value is -1.19. The molecule has 0 radical (unpaired) electrons. The third-order valence-corrected chi connectivity index (χ3v) is 3.11. The third kappa shape index (κ3) is 5.06. The lowest BCUT2D eigenvalue weighted by Crippen LogP contribution is -2.24. The summed E-state index contributed by atoms with van der Waals surface area (Å²) < 4.78 is 10.8. The Kier molecular flexibility index (Phi) is 7.48. The third-order valence-electron chi connectivity index (χ3n) is 2.83. The highest BCUT2D eigenvalue weighted by molar-refractivity contribution is 6.32. The molecule has 0 saturated carbocycles. The molecule has 3 nitrogen and oxygen atoms in total.